The van der Waals surface area contributed by atoms with Crippen molar-refractivity contribution in [1.29, 1.82) is 0 Å². The van der Waals surface area contributed by atoms with Gasteiger partial charge in [0.05, 0.1) is 12.0 Å². The van der Waals surface area contributed by atoms with Gasteiger partial charge >= 0.3 is 0 Å². The molecule has 1 fully saturated rings. The lowest BCUT2D eigenvalue weighted by Crippen LogP contribution is -2.40. The van der Waals surface area contributed by atoms with Crippen molar-refractivity contribution < 1.29 is 9.21 Å². The second-order valence-corrected chi connectivity index (χ2v) is 8.30. The number of oxazole rings is 1. The molecule has 25 heavy (non-hydrogen) atoms. The fourth-order valence-corrected chi connectivity index (χ4v) is 5.75. The van der Waals surface area contributed by atoms with E-state index in [4.69, 9.17) is 9.41 Å². The van der Waals surface area contributed by atoms with E-state index in [0.29, 0.717) is 18.6 Å². The molecule has 3 aliphatic rings. The Morgan fingerprint density at radius 2 is 2.16 bits per heavy atom. The number of benzene rings is 1. The Morgan fingerprint density at radius 1 is 1.24 bits per heavy atom. The summed E-state index contributed by atoms with van der Waals surface area (Å²) in [7, 11) is 0. The first-order valence-corrected chi connectivity index (χ1v) is 10.1. The van der Waals surface area contributed by atoms with Crippen LogP contribution in [-0.2, 0) is 11.2 Å². The van der Waals surface area contributed by atoms with Gasteiger partial charge < -0.3 is 4.42 Å². The Bertz CT molecular complexity index is 886. The largest absolute Gasteiger partial charge is 0.440 e. The molecule has 0 amide bonds. The molecule has 1 atom stereocenters. The molecule has 2 aromatic rings. The van der Waals surface area contributed by atoms with E-state index in [-0.39, 0.29) is 5.54 Å². The highest BCUT2D eigenvalue weighted by Gasteiger charge is 2.45. The molecule has 2 aliphatic heterocycles. The number of Topliss-reactive ketones (excluding diaryl/α,β-unsaturated/α-hetero) is 1. The third-order valence-corrected chi connectivity index (χ3v) is 6.64. The maximum absolute atomic E-state index is 12.6. The lowest BCUT2D eigenvalue weighted by Gasteiger charge is -2.36. The lowest BCUT2D eigenvalue weighted by molar-refractivity contribution is -0.116. The van der Waals surface area contributed by atoms with E-state index in [0.717, 1.165) is 65.5 Å². The molecule has 0 N–H and O–H groups in total. The first-order chi connectivity index (χ1) is 12.2. The Balaban J connectivity index is 1.51. The molecule has 1 aromatic carbocycles. The molecule has 5 heteroatoms. The number of hydrogen-bond acceptors (Lipinski definition) is 5. The van der Waals surface area contributed by atoms with Crippen LogP contribution in [-0.4, -0.2) is 33.5 Å². The molecule has 128 valence electrons. The van der Waals surface area contributed by atoms with Gasteiger partial charge in [0.15, 0.2) is 11.4 Å². The molecule has 1 unspecified atom stereocenters. The number of ketones is 1. The maximum atomic E-state index is 12.6. The first kappa shape index (κ1) is 15.4. The zero-order chi connectivity index (χ0) is 16.9. The molecular formula is C20H20N2O2S. The minimum absolute atomic E-state index is 0.267. The van der Waals surface area contributed by atoms with Crippen LogP contribution in [0.1, 0.15) is 38.0 Å². The van der Waals surface area contributed by atoms with Crippen molar-refractivity contribution in [1.82, 2.24) is 4.98 Å². The highest BCUT2D eigenvalue weighted by Crippen LogP contribution is 2.45. The van der Waals surface area contributed by atoms with E-state index in [2.05, 4.69) is 4.98 Å². The van der Waals surface area contributed by atoms with Gasteiger partial charge in [0.1, 0.15) is 5.52 Å². The Labute approximate surface area is 150 Å². The molecule has 1 aromatic heterocycles. The number of aliphatic imine (C=N–C) groups is 1. The summed E-state index contributed by atoms with van der Waals surface area (Å²) in [6, 6.07) is 7.86. The lowest BCUT2D eigenvalue weighted by atomic mass is 9.74. The fraction of sp³-hybridized carbons (Fsp3) is 0.450. The van der Waals surface area contributed by atoms with Crippen LogP contribution in [0.5, 0.6) is 0 Å². The van der Waals surface area contributed by atoms with Crippen LogP contribution in [0.2, 0.25) is 0 Å². The fourth-order valence-electron chi connectivity index (χ4n) is 4.43. The number of aromatic nitrogens is 1. The Morgan fingerprint density at radius 3 is 3.00 bits per heavy atom. The Kier molecular flexibility index (Phi) is 3.59. The summed E-state index contributed by atoms with van der Waals surface area (Å²) in [6.45, 7) is 0. The number of thioether (sulfide) groups is 1. The summed E-state index contributed by atoms with van der Waals surface area (Å²) in [5, 5.41) is 0. The summed E-state index contributed by atoms with van der Waals surface area (Å²) in [6.07, 6.45) is 5.16. The molecule has 0 radical (unpaired) electrons. The third-order valence-electron chi connectivity index (χ3n) is 5.46. The quantitative estimate of drug-likeness (QED) is 0.815. The Hall–Kier alpha value is -1.88. The second-order valence-electron chi connectivity index (χ2n) is 7.20. The molecule has 1 aliphatic carbocycles. The van der Waals surface area contributed by atoms with E-state index in [1.807, 2.05) is 36.0 Å². The van der Waals surface area contributed by atoms with Gasteiger partial charge in [0.2, 0.25) is 5.89 Å². The van der Waals surface area contributed by atoms with Crippen molar-refractivity contribution in [2.75, 3.05) is 11.5 Å². The van der Waals surface area contributed by atoms with Crippen LogP contribution >= 0.6 is 11.8 Å². The summed E-state index contributed by atoms with van der Waals surface area (Å²) >= 11 is 1.92. The van der Waals surface area contributed by atoms with Gasteiger partial charge in [-0.25, -0.2) is 4.98 Å². The number of nitrogens with zero attached hydrogens (tertiary/aromatic N) is 2. The smallest absolute Gasteiger partial charge is 0.201 e. The van der Waals surface area contributed by atoms with Crippen LogP contribution in [0.3, 0.4) is 0 Å². The molecular weight excluding hydrogens is 332 g/mol. The minimum atomic E-state index is -0.267. The van der Waals surface area contributed by atoms with E-state index in [1.54, 1.807) is 0 Å². The molecule has 1 spiro atoms. The van der Waals surface area contributed by atoms with Gasteiger partial charge in [-0.1, -0.05) is 17.7 Å². The van der Waals surface area contributed by atoms with Crippen molar-refractivity contribution in [3.05, 3.63) is 41.3 Å². The normalized spacial score (nSPS) is 26.4. The van der Waals surface area contributed by atoms with Gasteiger partial charge in [-0.2, -0.15) is 11.8 Å². The number of dihydropyridines is 1. The topological polar surface area (TPSA) is 55.5 Å². The average molecular weight is 352 g/mol. The van der Waals surface area contributed by atoms with Crippen molar-refractivity contribution in [2.24, 2.45) is 4.99 Å². The molecule has 4 nitrogen and oxygen atoms in total. The van der Waals surface area contributed by atoms with Crippen LogP contribution in [0.15, 0.2) is 44.8 Å². The summed E-state index contributed by atoms with van der Waals surface area (Å²) in [4.78, 5) is 22.3. The van der Waals surface area contributed by atoms with Gasteiger partial charge in [-0.05, 0) is 37.1 Å². The highest BCUT2D eigenvalue weighted by molar-refractivity contribution is 7.99. The van der Waals surface area contributed by atoms with Crippen LogP contribution in [0.25, 0.3) is 11.1 Å². The van der Waals surface area contributed by atoms with Crippen LogP contribution < -0.4 is 0 Å². The van der Waals surface area contributed by atoms with Crippen molar-refractivity contribution in [3.63, 3.8) is 0 Å². The number of fused-ring (bicyclic) bond motifs is 2. The maximum Gasteiger partial charge on any atom is 0.201 e. The predicted molar refractivity (Wildman–Crippen MR) is 100 cm³/mol. The number of carbonyl (C=O) groups is 1. The predicted octanol–water partition coefficient (Wildman–Crippen LogP) is 4.14. The first-order valence-electron chi connectivity index (χ1n) is 8.99. The molecule has 3 heterocycles. The van der Waals surface area contributed by atoms with E-state index >= 15 is 0 Å². The second kappa shape index (κ2) is 5.84. The highest BCUT2D eigenvalue weighted by atomic mass is 32.2. The monoisotopic (exact) mass is 352 g/mol. The van der Waals surface area contributed by atoms with E-state index in [9.17, 15) is 4.79 Å². The third kappa shape index (κ3) is 2.56. The van der Waals surface area contributed by atoms with Gasteiger partial charge in [0.25, 0.3) is 0 Å². The number of hydrogen-bond donors (Lipinski definition) is 0. The standard InChI is InChI=1S/C20H20N2O2S/c23-16-6-3-4-13-10-14(22-20(19(13)16)8-9-25-12-20)11-18-21-15-5-1-2-7-17(15)24-18/h1-2,5,7H,3-4,6,8-12H2. The van der Waals surface area contributed by atoms with Crippen molar-refractivity contribution >= 4 is 34.4 Å². The van der Waals surface area contributed by atoms with Crippen molar-refractivity contribution in [2.45, 2.75) is 44.1 Å². The zero-order valence-electron chi connectivity index (χ0n) is 14.1. The number of rotatable bonds is 2. The van der Waals surface area contributed by atoms with Crippen LogP contribution in [0, 0.1) is 0 Å². The van der Waals surface area contributed by atoms with Gasteiger partial charge in [-0.15, -0.1) is 0 Å². The number of carbonyl (C=O) groups excluding carboxylic acids is 1. The zero-order valence-corrected chi connectivity index (χ0v) is 14.9. The average Bonchev–Trinajstić information content (AvgIpc) is 3.21. The SMILES string of the molecule is O=C1CCCC2=C1C1(CCSC1)N=C(Cc1nc3ccccc3o1)C2. The number of para-hydroxylation sites is 2. The van der Waals surface area contributed by atoms with E-state index < -0.39 is 0 Å². The molecule has 1 saturated heterocycles. The number of allylic oxidation sites excluding steroid dienone is 1. The summed E-state index contributed by atoms with van der Waals surface area (Å²) in [5.74, 6) is 3.10. The van der Waals surface area contributed by atoms with Gasteiger partial charge in [0, 0.05) is 29.9 Å². The molecule has 0 saturated carbocycles. The van der Waals surface area contributed by atoms with Crippen LogP contribution in [0.4, 0.5) is 0 Å². The molecule has 5 rings (SSSR count). The van der Waals surface area contributed by atoms with Gasteiger partial charge in [-0.3, -0.25) is 9.79 Å². The summed E-state index contributed by atoms with van der Waals surface area (Å²) in [5.41, 5.74) is 4.98. The molecule has 0 bridgehead atoms. The van der Waals surface area contributed by atoms with E-state index in [1.165, 1.54) is 5.57 Å². The minimum Gasteiger partial charge on any atom is -0.440 e. The van der Waals surface area contributed by atoms with Crippen molar-refractivity contribution in [3.8, 4) is 0 Å². The summed E-state index contributed by atoms with van der Waals surface area (Å²) < 4.78 is 5.90.